The van der Waals surface area contributed by atoms with Gasteiger partial charge in [-0.1, -0.05) is 35.5 Å². The second-order valence-corrected chi connectivity index (χ2v) is 12.8. The second kappa shape index (κ2) is 11.0. The molecule has 1 aliphatic heterocycles. The zero-order valence-corrected chi connectivity index (χ0v) is 24.8. The lowest BCUT2D eigenvalue weighted by Crippen LogP contribution is -2.43. The maximum Gasteiger partial charge on any atom is 0.410 e. The Hall–Kier alpha value is -3.95. The molecule has 10 heteroatoms. The van der Waals surface area contributed by atoms with Crippen LogP contribution in [0.15, 0.2) is 53.2 Å². The Kier molecular flexibility index (Phi) is 7.41. The van der Waals surface area contributed by atoms with Crippen LogP contribution in [0.5, 0.6) is 0 Å². The van der Waals surface area contributed by atoms with Gasteiger partial charge >= 0.3 is 12.1 Å². The summed E-state index contributed by atoms with van der Waals surface area (Å²) < 4.78 is 16.4. The monoisotopic (exact) mass is 573 g/mol. The van der Waals surface area contributed by atoms with Gasteiger partial charge in [-0.25, -0.2) is 14.6 Å². The molecule has 2 atom stereocenters. The molecule has 1 aromatic carbocycles. The third kappa shape index (κ3) is 5.98. The molecule has 42 heavy (non-hydrogen) atoms. The highest BCUT2D eigenvalue weighted by atomic mass is 16.6. The standard InChI is InChI=1S/C32H39N5O5/c1-31(2,3)41-30(39)37(26-18-24(26)21-8-6-5-7-9-21)20-32(14-15-32)29-34-27(42-35-29)22-12-16-36(17-13-22)23-10-11-25(33-19-23)28(38)40-4/h5-11,19,22,24,26H,12-18,20H2,1-4H3/t24?,26-/m0/s1. The molecule has 1 unspecified atom stereocenters. The zero-order valence-electron chi connectivity index (χ0n) is 24.8. The fraction of sp³-hybridized carbons (Fsp3) is 0.531. The predicted octanol–water partition coefficient (Wildman–Crippen LogP) is 5.46. The van der Waals surface area contributed by atoms with Gasteiger partial charge in [-0.15, -0.1) is 0 Å². The summed E-state index contributed by atoms with van der Waals surface area (Å²) in [5.74, 6) is 1.42. The Balaban J connectivity index is 1.11. The van der Waals surface area contributed by atoms with Crippen LogP contribution in [0.2, 0.25) is 0 Å². The van der Waals surface area contributed by atoms with Crippen LogP contribution in [0, 0.1) is 0 Å². The van der Waals surface area contributed by atoms with Gasteiger partial charge in [-0.05, 0) is 70.6 Å². The highest BCUT2D eigenvalue weighted by Gasteiger charge is 2.55. The van der Waals surface area contributed by atoms with E-state index in [9.17, 15) is 9.59 Å². The van der Waals surface area contributed by atoms with Gasteiger partial charge in [0.15, 0.2) is 5.82 Å². The van der Waals surface area contributed by atoms with E-state index in [4.69, 9.17) is 19.0 Å². The third-order valence-electron chi connectivity index (χ3n) is 8.61. The number of rotatable bonds is 8. The molecule has 10 nitrogen and oxygen atoms in total. The topological polar surface area (TPSA) is 111 Å². The van der Waals surface area contributed by atoms with E-state index >= 15 is 0 Å². The van der Waals surface area contributed by atoms with E-state index in [1.807, 2.05) is 49.9 Å². The highest BCUT2D eigenvalue weighted by Crippen LogP contribution is 2.52. The minimum Gasteiger partial charge on any atom is -0.464 e. The summed E-state index contributed by atoms with van der Waals surface area (Å²) in [5, 5.41) is 4.45. The quantitative estimate of drug-likeness (QED) is 0.324. The number of anilines is 1. The molecule has 3 heterocycles. The first-order chi connectivity index (χ1) is 20.2. The third-order valence-corrected chi connectivity index (χ3v) is 8.61. The Bertz CT molecular complexity index is 1410. The molecular formula is C32H39N5O5. The van der Waals surface area contributed by atoms with Crippen LogP contribution in [0.1, 0.15) is 92.5 Å². The highest BCUT2D eigenvalue weighted by molar-refractivity contribution is 5.87. The molecule has 222 valence electrons. The molecule has 1 amide bonds. The van der Waals surface area contributed by atoms with Crippen LogP contribution in [0.4, 0.5) is 10.5 Å². The van der Waals surface area contributed by atoms with E-state index < -0.39 is 11.6 Å². The number of esters is 1. The van der Waals surface area contributed by atoms with Crippen molar-refractivity contribution in [3.05, 3.63) is 71.6 Å². The lowest BCUT2D eigenvalue weighted by atomic mass is 9.96. The number of carbonyl (C=O) groups is 2. The van der Waals surface area contributed by atoms with E-state index in [0.717, 1.165) is 50.9 Å². The average Bonchev–Trinajstić information content (AvgIpc) is 3.91. The van der Waals surface area contributed by atoms with Gasteiger partial charge in [0, 0.05) is 37.5 Å². The summed E-state index contributed by atoms with van der Waals surface area (Å²) >= 11 is 0. The molecule has 1 saturated heterocycles. The van der Waals surface area contributed by atoms with Crippen LogP contribution < -0.4 is 4.90 Å². The number of aromatic nitrogens is 3. The van der Waals surface area contributed by atoms with Crippen molar-refractivity contribution < 1.29 is 23.6 Å². The number of amides is 1. The van der Waals surface area contributed by atoms with E-state index in [1.165, 1.54) is 12.7 Å². The Morgan fingerprint density at radius 3 is 2.45 bits per heavy atom. The zero-order chi connectivity index (χ0) is 29.5. The van der Waals surface area contributed by atoms with E-state index in [0.29, 0.717) is 29.9 Å². The van der Waals surface area contributed by atoms with Crippen LogP contribution >= 0.6 is 0 Å². The molecule has 2 aliphatic carbocycles. The van der Waals surface area contributed by atoms with Crippen molar-refractivity contribution >= 4 is 17.7 Å². The number of methoxy groups -OCH3 is 1. The van der Waals surface area contributed by atoms with Crippen LogP contribution in [0.25, 0.3) is 0 Å². The number of hydrogen-bond donors (Lipinski definition) is 0. The average molecular weight is 574 g/mol. The lowest BCUT2D eigenvalue weighted by molar-refractivity contribution is 0.0208. The minimum atomic E-state index is -0.573. The van der Waals surface area contributed by atoms with Crippen molar-refractivity contribution in [2.45, 2.75) is 81.8 Å². The van der Waals surface area contributed by atoms with Gasteiger partial charge in [-0.2, -0.15) is 4.98 Å². The minimum absolute atomic E-state index is 0.103. The molecule has 0 bridgehead atoms. The number of ether oxygens (including phenoxy) is 2. The van der Waals surface area contributed by atoms with Gasteiger partial charge in [0.25, 0.3) is 0 Å². The first kappa shape index (κ1) is 28.2. The van der Waals surface area contributed by atoms with Gasteiger partial charge < -0.3 is 23.8 Å². The number of nitrogens with zero attached hydrogens (tertiary/aromatic N) is 5. The Labute approximate surface area is 246 Å². The Morgan fingerprint density at radius 2 is 1.83 bits per heavy atom. The van der Waals surface area contributed by atoms with Gasteiger partial charge in [0.1, 0.15) is 11.3 Å². The predicted molar refractivity (Wildman–Crippen MR) is 156 cm³/mol. The number of pyridine rings is 1. The fourth-order valence-electron chi connectivity index (χ4n) is 5.95. The second-order valence-electron chi connectivity index (χ2n) is 12.8. The summed E-state index contributed by atoms with van der Waals surface area (Å²) in [6, 6.07) is 14.1. The van der Waals surface area contributed by atoms with Crippen molar-refractivity contribution in [3.63, 3.8) is 0 Å². The van der Waals surface area contributed by atoms with Gasteiger partial charge in [-0.3, -0.25) is 0 Å². The fourth-order valence-corrected chi connectivity index (χ4v) is 5.95. The molecule has 2 aromatic heterocycles. The normalized spacial score (nSPS) is 21.5. The molecule has 2 saturated carbocycles. The van der Waals surface area contributed by atoms with E-state index in [2.05, 4.69) is 27.2 Å². The van der Waals surface area contributed by atoms with Crippen LogP contribution in [0.3, 0.4) is 0 Å². The van der Waals surface area contributed by atoms with Crippen molar-refractivity contribution in [1.29, 1.82) is 0 Å². The maximum atomic E-state index is 13.4. The van der Waals surface area contributed by atoms with Crippen LogP contribution in [-0.2, 0) is 14.9 Å². The number of carbonyl (C=O) groups excluding carboxylic acids is 2. The molecule has 3 aromatic rings. The first-order valence-electron chi connectivity index (χ1n) is 14.8. The van der Waals surface area contributed by atoms with Crippen molar-refractivity contribution in [2.24, 2.45) is 0 Å². The summed E-state index contributed by atoms with van der Waals surface area (Å²) in [5.41, 5.74) is 1.66. The summed E-state index contributed by atoms with van der Waals surface area (Å²) in [7, 11) is 1.35. The van der Waals surface area contributed by atoms with Gasteiger partial charge in [0.2, 0.25) is 5.89 Å². The molecule has 3 aliphatic rings. The summed E-state index contributed by atoms with van der Waals surface area (Å²) in [6.45, 7) is 7.89. The van der Waals surface area contributed by atoms with E-state index in [-0.39, 0.29) is 23.5 Å². The first-order valence-corrected chi connectivity index (χ1v) is 14.8. The lowest BCUT2D eigenvalue weighted by Gasteiger charge is -2.32. The maximum absolute atomic E-state index is 13.4. The summed E-state index contributed by atoms with van der Waals surface area (Å²) in [4.78, 5) is 38.4. The molecule has 0 radical (unpaired) electrons. The van der Waals surface area contributed by atoms with E-state index in [1.54, 1.807) is 12.3 Å². The largest absolute Gasteiger partial charge is 0.464 e. The molecule has 6 rings (SSSR count). The molecule has 3 fully saturated rings. The number of benzene rings is 1. The van der Waals surface area contributed by atoms with Crippen molar-refractivity contribution in [2.75, 3.05) is 31.6 Å². The summed E-state index contributed by atoms with van der Waals surface area (Å²) in [6.07, 6.45) is 5.95. The molecule has 0 spiro atoms. The van der Waals surface area contributed by atoms with Crippen LogP contribution in [-0.4, -0.2) is 70.5 Å². The smallest absolute Gasteiger partial charge is 0.410 e. The van der Waals surface area contributed by atoms with Crippen molar-refractivity contribution in [3.8, 4) is 0 Å². The SMILES string of the molecule is COC(=O)c1ccc(N2CCC(c3nc(C4(CN(C(=O)OC(C)(C)C)[C@H]5CC5c5ccccc5)CC4)no3)CC2)cn1. The number of hydrogen-bond acceptors (Lipinski definition) is 9. The van der Waals surface area contributed by atoms with Crippen molar-refractivity contribution in [1.82, 2.24) is 20.0 Å². The molecular weight excluding hydrogens is 534 g/mol. The molecule has 0 N–H and O–H groups in total. The van der Waals surface area contributed by atoms with Gasteiger partial charge in [0.05, 0.1) is 24.4 Å². The Morgan fingerprint density at radius 1 is 1.10 bits per heavy atom. The number of piperidine rings is 1.